The molecule has 4 rings (SSSR count). The van der Waals surface area contributed by atoms with Gasteiger partial charge in [0.25, 0.3) is 0 Å². The summed E-state index contributed by atoms with van der Waals surface area (Å²) in [6.07, 6.45) is 3.54. The number of ketones is 2. The van der Waals surface area contributed by atoms with Crippen molar-refractivity contribution in [2.75, 3.05) is 23.0 Å². The van der Waals surface area contributed by atoms with E-state index < -0.39 is 6.09 Å². The monoisotopic (exact) mass is 630 g/mol. The lowest BCUT2D eigenvalue weighted by Gasteiger charge is -2.08. The number of halogens is 1. The Morgan fingerprint density at radius 1 is 0.690 bits per heavy atom. The molecule has 4 aromatic carbocycles. The van der Waals surface area contributed by atoms with E-state index in [1.807, 2.05) is 30.3 Å². The van der Waals surface area contributed by atoms with Crippen LogP contribution in [0.1, 0.15) is 58.5 Å². The molecule has 0 fully saturated rings. The average Bonchev–Trinajstić information content (AvgIpc) is 3.00. The zero-order chi connectivity index (χ0) is 30.6. The first-order valence-corrected chi connectivity index (χ1v) is 15.0. The molecule has 0 saturated carbocycles. The van der Waals surface area contributed by atoms with Gasteiger partial charge in [0.1, 0.15) is 0 Å². The summed E-state index contributed by atoms with van der Waals surface area (Å²) in [6.45, 7) is 3.36. The molecule has 0 atom stereocenters. The van der Waals surface area contributed by atoms with E-state index in [-0.39, 0.29) is 11.6 Å². The van der Waals surface area contributed by atoms with Crippen molar-refractivity contribution in [2.45, 2.75) is 39.5 Å². The Kier molecular flexibility index (Phi) is 16.0. The van der Waals surface area contributed by atoms with Crippen LogP contribution >= 0.6 is 15.9 Å². The number of anilines is 2. The number of benzene rings is 4. The molecule has 0 saturated heterocycles. The van der Waals surface area contributed by atoms with Crippen LogP contribution in [0.4, 0.5) is 16.2 Å². The van der Waals surface area contributed by atoms with Crippen LogP contribution in [0.5, 0.6) is 0 Å². The van der Waals surface area contributed by atoms with Gasteiger partial charge in [-0.1, -0.05) is 101 Å². The Morgan fingerprint density at radius 3 is 1.71 bits per heavy atom. The first-order chi connectivity index (χ1) is 20.3. The lowest BCUT2D eigenvalue weighted by atomic mass is 10.1. The maximum Gasteiger partial charge on any atom is 0.411 e. The highest BCUT2D eigenvalue weighted by atomic mass is 79.9. The number of nitrogens with one attached hydrogen (secondary N) is 1. The Labute approximate surface area is 257 Å². The number of alkyl halides is 1. The molecular weight excluding hydrogens is 592 g/mol. The van der Waals surface area contributed by atoms with Crippen LogP contribution in [-0.2, 0) is 17.6 Å². The van der Waals surface area contributed by atoms with Crippen LogP contribution in [-0.4, -0.2) is 29.6 Å². The summed E-state index contributed by atoms with van der Waals surface area (Å²) in [5.41, 5.74) is 10.5. The smallest absolute Gasteiger partial charge is 0.411 e. The summed E-state index contributed by atoms with van der Waals surface area (Å²) in [5.74, 6) is 0.00665. The average molecular weight is 632 g/mol. The fourth-order valence-corrected chi connectivity index (χ4v) is 4.01. The molecule has 1 amide bonds. The van der Waals surface area contributed by atoms with Crippen LogP contribution in [0, 0.1) is 0 Å². The number of carbonyl (C=O) groups excluding carboxylic acids is 3. The number of Topliss-reactive ketones (excluding diaryl/α,β-unsaturated/α-hetero) is 2. The van der Waals surface area contributed by atoms with Crippen molar-refractivity contribution in [3.05, 3.63) is 131 Å². The summed E-state index contributed by atoms with van der Waals surface area (Å²) in [5, 5.41) is 3.72. The summed E-state index contributed by atoms with van der Waals surface area (Å²) >= 11 is 3.41. The van der Waals surface area contributed by atoms with E-state index in [1.54, 1.807) is 48.5 Å². The Morgan fingerprint density at radius 2 is 1.21 bits per heavy atom. The second kappa shape index (κ2) is 19.8. The van der Waals surface area contributed by atoms with Gasteiger partial charge in [0.15, 0.2) is 11.6 Å². The van der Waals surface area contributed by atoms with E-state index in [1.165, 1.54) is 37.8 Å². The Balaban J connectivity index is 0.000000254. The fraction of sp³-hybridized carbons (Fsp3) is 0.229. The van der Waals surface area contributed by atoms with Crippen LogP contribution in [0.25, 0.3) is 0 Å². The molecule has 220 valence electrons. The van der Waals surface area contributed by atoms with Gasteiger partial charge in [-0.05, 0) is 74.9 Å². The molecule has 0 heterocycles. The van der Waals surface area contributed by atoms with Crippen LogP contribution in [0.2, 0.25) is 0 Å². The number of nitrogens with two attached hydrogens (primary N) is 1. The fourth-order valence-electron chi connectivity index (χ4n) is 3.73. The third kappa shape index (κ3) is 14.4. The number of rotatable bonds is 10. The van der Waals surface area contributed by atoms with Crippen molar-refractivity contribution in [3.63, 3.8) is 0 Å². The number of carbonyl (C=O) groups is 3. The molecule has 0 unspecified atom stereocenters. The summed E-state index contributed by atoms with van der Waals surface area (Å²) < 4.78 is 5.13. The molecule has 0 aliphatic rings. The zero-order valence-corrected chi connectivity index (χ0v) is 25.8. The molecule has 6 nitrogen and oxygen atoms in total. The predicted octanol–water partition coefficient (Wildman–Crippen LogP) is 8.56. The minimum atomic E-state index is -0.506. The second-order valence-corrected chi connectivity index (χ2v) is 10.2. The molecule has 7 heteroatoms. The number of amides is 1. The highest BCUT2D eigenvalue weighted by molar-refractivity contribution is 9.09. The second-order valence-electron chi connectivity index (χ2n) is 9.45. The van der Waals surface area contributed by atoms with Gasteiger partial charge in [-0.25, -0.2) is 4.79 Å². The van der Waals surface area contributed by atoms with E-state index in [9.17, 15) is 14.4 Å². The first kappa shape index (κ1) is 34.0. The van der Waals surface area contributed by atoms with E-state index in [0.29, 0.717) is 29.1 Å². The highest BCUT2D eigenvalue weighted by Crippen LogP contribution is 2.12. The van der Waals surface area contributed by atoms with Crippen molar-refractivity contribution in [1.29, 1.82) is 0 Å². The third-order valence-corrected chi connectivity index (χ3v) is 6.50. The Hall–Kier alpha value is -4.23. The van der Waals surface area contributed by atoms with Crippen molar-refractivity contribution in [1.82, 2.24) is 0 Å². The summed E-state index contributed by atoms with van der Waals surface area (Å²) in [4.78, 5) is 33.7. The third-order valence-electron chi connectivity index (χ3n) is 5.94. The van der Waals surface area contributed by atoms with Crippen LogP contribution in [0.15, 0.2) is 109 Å². The van der Waals surface area contributed by atoms with E-state index >= 15 is 0 Å². The van der Waals surface area contributed by atoms with Crippen molar-refractivity contribution in [2.24, 2.45) is 0 Å². The quantitative estimate of drug-likeness (QED) is 0.0791. The number of hydrogen-bond donors (Lipinski definition) is 2. The maximum absolute atomic E-state index is 11.7. The molecule has 0 aliphatic heterocycles. The van der Waals surface area contributed by atoms with Crippen molar-refractivity contribution in [3.8, 4) is 0 Å². The minimum Gasteiger partial charge on any atom is -0.449 e. The van der Waals surface area contributed by atoms with E-state index in [4.69, 9.17) is 10.5 Å². The van der Waals surface area contributed by atoms with Gasteiger partial charge >= 0.3 is 6.09 Å². The lowest BCUT2D eigenvalue weighted by Crippen LogP contribution is -2.15. The van der Waals surface area contributed by atoms with Crippen molar-refractivity contribution >= 4 is 45.0 Å². The minimum absolute atomic E-state index is 0.0418. The summed E-state index contributed by atoms with van der Waals surface area (Å²) in [7, 11) is 0. The largest absolute Gasteiger partial charge is 0.449 e. The predicted molar refractivity (Wildman–Crippen MR) is 176 cm³/mol. The molecular formula is C35H39BrN2O4. The zero-order valence-electron chi connectivity index (χ0n) is 24.2. The highest BCUT2D eigenvalue weighted by Gasteiger charge is 2.05. The molecule has 42 heavy (non-hydrogen) atoms. The number of hydrogen-bond acceptors (Lipinski definition) is 5. The summed E-state index contributed by atoms with van der Waals surface area (Å²) in [6, 6.07) is 34.3. The molecule has 0 bridgehead atoms. The number of aryl methyl sites for hydroxylation is 2. The molecule has 0 spiro atoms. The number of ether oxygens (including phenoxy) is 1. The van der Waals surface area contributed by atoms with Gasteiger partial charge in [0, 0.05) is 27.8 Å². The standard InChI is InChI=1S/C18H19NO3.C9H11Br.C8H9NO/c1-14(20)16-10-5-11-17(13-16)19-18(21)22-12-6-9-15-7-3-2-4-8-15;10-8-4-7-9-5-2-1-3-6-9;1-6(10)7-3-2-4-8(9)5-7/h2-5,7-8,10-11,13H,6,9,12H2,1H3,(H,19,21);1-3,5-6H,4,7-8H2;2-5H,9H2,1H3. The van der Waals surface area contributed by atoms with Crippen molar-refractivity contribution < 1.29 is 19.1 Å². The van der Waals surface area contributed by atoms with Gasteiger partial charge in [-0.15, -0.1) is 0 Å². The Bertz CT molecular complexity index is 1380. The SMILES string of the molecule is BrCCCc1ccccc1.CC(=O)c1cccc(N)c1.CC(=O)c1cccc(NC(=O)OCCCc2ccccc2)c1. The van der Waals surface area contributed by atoms with Crippen LogP contribution < -0.4 is 11.1 Å². The molecule has 0 aliphatic carbocycles. The van der Waals surface area contributed by atoms with Gasteiger partial charge in [0.05, 0.1) is 6.61 Å². The van der Waals surface area contributed by atoms with Gasteiger partial charge < -0.3 is 10.5 Å². The molecule has 0 aromatic heterocycles. The molecule has 3 N–H and O–H groups in total. The lowest BCUT2D eigenvalue weighted by molar-refractivity contribution is 0.100. The molecule has 4 aromatic rings. The van der Waals surface area contributed by atoms with Crippen LogP contribution in [0.3, 0.4) is 0 Å². The van der Waals surface area contributed by atoms with E-state index in [0.717, 1.165) is 18.2 Å². The first-order valence-electron chi connectivity index (χ1n) is 13.8. The topological polar surface area (TPSA) is 98.5 Å². The van der Waals surface area contributed by atoms with Gasteiger partial charge in [0.2, 0.25) is 0 Å². The van der Waals surface area contributed by atoms with Gasteiger partial charge in [-0.3, -0.25) is 14.9 Å². The van der Waals surface area contributed by atoms with E-state index in [2.05, 4.69) is 51.6 Å². The maximum atomic E-state index is 11.7. The molecule has 0 radical (unpaired) electrons. The number of nitrogen functional groups attached to an aromatic ring is 1. The van der Waals surface area contributed by atoms with Gasteiger partial charge in [-0.2, -0.15) is 0 Å². The normalized spacial score (nSPS) is 9.79.